The number of rotatable bonds is 3. The number of carbonyl (C=O) groups excluding carboxylic acids is 1. The molecule has 26 heavy (non-hydrogen) atoms. The number of esters is 1. The fourth-order valence-corrected chi connectivity index (χ4v) is 2.98. The number of halogens is 1. The first-order valence-electron chi connectivity index (χ1n) is 8.06. The third kappa shape index (κ3) is 2.81. The lowest BCUT2D eigenvalue weighted by molar-refractivity contribution is -0.135. The minimum atomic E-state index is -0.515. The molecule has 1 unspecified atom stereocenters. The molecule has 0 amide bonds. The van der Waals surface area contributed by atoms with Crippen molar-refractivity contribution in [2.24, 2.45) is 0 Å². The number of methoxy groups -OCH3 is 1. The molecular weight excluding hydrogens is 339 g/mol. The first kappa shape index (κ1) is 16.3. The van der Waals surface area contributed by atoms with Crippen molar-refractivity contribution in [2.75, 3.05) is 7.11 Å². The third-order valence-corrected chi connectivity index (χ3v) is 4.30. The van der Waals surface area contributed by atoms with Gasteiger partial charge in [-0.3, -0.25) is 4.79 Å². The van der Waals surface area contributed by atoms with Gasteiger partial charge in [0.15, 0.2) is 11.6 Å². The highest BCUT2D eigenvalue weighted by atomic mass is 19.1. The van der Waals surface area contributed by atoms with Gasteiger partial charge < -0.3 is 14.2 Å². The lowest BCUT2D eigenvalue weighted by Gasteiger charge is -2.21. The molecule has 2 heterocycles. The van der Waals surface area contributed by atoms with Crippen LogP contribution >= 0.6 is 0 Å². The van der Waals surface area contributed by atoms with Crippen molar-refractivity contribution < 1.29 is 23.4 Å². The Labute approximate surface area is 148 Å². The van der Waals surface area contributed by atoms with E-state index in [1.165, 1.54) is 25.6 Å². The summed E-state index contributed by atoms with van der Waals surface area (Å²) in [6, 6.07) is 8.05. The Bertz CT molecular complexity index is 1020. The summed E-state index contributed by atoms with van der Waals surface area (Å²) in [5.74, 6) is 0.567. The van der Waals surface area contributed by atoms with Crippen molar-refractivity contribution in [1.29, 1.82) is 0 Å². The normalized spacial score (nSPS) is 16.1. The van der Waals surface area contributed by atoms with Crippen molar-refractivity contribution >= 4 is 16.9 Å². The molecule has 0 fully saturated rings. The van der Waals surface area contributed by atoms with Crippen molar-refractivity contribution in [3.63, 3.8) is 0 Å². The minimum absolute atomic E-state index is 0.0744. The summed E-state index contributed by atoms with van der Waals surface area (Å²) in [4.78, 5) is 19.8. The van der Waals surface area contributed by atoms with Crippen LogP contribution in [0.4, 0.5) is 4.39 Å². The van der Waals surface area contributed by atoms with E-state index < -0.39 is 5.82 Å². The molecule has 1 aliphatic rings. The second-order valence-electron chi connectivity index (χ2n) is 6.06. The number of hydrogen-bond acceptors (Lipinski definition) is 6. The number of nitrogens with zero attached hydrogens (tertiary/aromatic N) is 2. The maximum atomic E-state index is 13.9. The van der Waals surface area contributed by atoms with Crippen molar-refractivity contribution in [3.05, 3.63) is 48.0 Å². The highest BCUT2D eigenvalue weighted by molar-refractivity contribution is 5.85. The average Bonchev–Trinajstić information content (AvgIpc) is 2.61. The predicted octanol–water partition coefficient (Wildman–Crippen LogP) is 3.98. The average molecular weight is 354 g/mol. The summed E-state index contributed by atoms with van der Waals surface area (Å²) < 4.78 is 30.0. The summed E-state index contributed by atoms with van der Waals surface area (Å²) in [7, 11) is 1.38. The van der Waals surface area contributed by atoms with Crippen LogP contribution in [0.2, 0.25) is 0 Å². The zero-order valence-corrected chi connectivity index (χ0v) is 14.2. The second kappa shape index (κ2) is 6.25. The summed E-state index contributed by atoms with van der Waals surface area (Å²) in [5, 5.41) is 0.508. The molecule has 6 nitrogen and oxygen atoms in total. The fourth-order valence-electron chi connectivity index (χ4n) is 2.98. The Balaban J connectivity index is 1.74. The number of fused-ring (bicyclic) bond motifs is 2. The number of hydrogen-bond donors (Lipinski definition) is 0. The van der Waals surface area contributed by atoms with Gasteiger partial charge in [-0.2, -0.15) is 0 Å². The van der Waals surface area contributed by atoms with Gasteiger partial charge in [0.1, 0.15) is 17.8 Å². The topological polar surface area (TPSA) is 70.5 Å². The lowest BCUT2D eigenvalue weighted by Crippen LogP contribution is -2.18. The van der Waals surface area contributed by atoms with Gasteiger partial charge >= 0.3 is 5.97 Å². The smallest absolute Gasteiger partial charge is 0.311 e. The minimum Gasteiger partial charge on any atom is -0.494 e. The second-order valence-corrected chi connectivity index (χ2v) is 6.06. The largest absolute Gasteiger partial charge is 0.494 e. The molecule has 132 valence electrons. The number of benzene rings is 2. The van der Waals surface area contributed by atoms with Crippen LogP contribution in [0.15, 0.2) is 36.7 Å². The molecule has 0 aliphatic carbocycles. The van der Waals surface area contributed by atoms with Crippen LogP contribution in [0.25, 0.3) is 10.9 Å². The predicted molar refractivity (Wildman–Crippen MR) is 91.2 cm³/mol. The number of carbonyl (C=O) groups is 1. The third-order valence-electron chi connectivity index (χ3n) is 4.30. The summed E-state index contributed by atoms with van der Waals surface area (Å²) in [6.45, 7) is 1.97. The molecule has 2 aromatic carbocycles. The summed E-state index contributed by atoms with van der Waals surface area (Å²) in [5.41, 5.74) is 1.35. The van der Waals surface area contributed by atoms with E-state index in [0.29, 0.717) is 28.8 Å². The monoisotopic (exact) mass is 354 g/mol. The fraction of sp³-hybridized carbons (Fsp3) is 0.211. The molecule has 0 bridgehead atoms. The van der Waals surface area contributed by atoms with Crippen molar-refractivity contribution in [1.82, 2.24) is 9.97 Å². The zero-order chi connectivity index (χ0) is 18.3. The molecular formula is C19H15FN2O4. The van der Waals surface area contributed by atoms with Gasteiger partial charge in [0.25, 0.3) is 0 Å². The van der Waals surface area contributed by atoms with Crippen LogP contribution < -0.4 is 14.2 Å². The molecule has 4 rings (SSSR count). The SMILES string of the molecule is COc1cc2c(Oc3ccc4c(c3)OC(=O)CC4C)ncnc2cc1F. The van der Waals surface area contributed by atoms with Crippen molar-refractivity contribution in [3.8, 4) is 23.1 Å². The zero-order valence-electron chi connectivity index (χ0n) is 14.2. The van der Waals surface area contributed by atoms with E-state index in [1.807, 2.05) is 13.0 Å². The van der Waals surface area contributed by atoms with E-state index in [2.05, 4.69) is 9.97 Å². The van der Waals surface area contributed by atoms with Gasteiger partial charge in [-0.15, -0.1) is 0 Å². The van der Waals surface area contributed by atoms with Crippen molar-refractivity contribution in [2.45, 2.75) is 19.3 Å². The molecule has 1 atom stereocenters. The summed E-state index contributed by atoms with van der Waals surface area (Å²) >= 11 is 0. The van der Waals surface area contributed by atoms with E-state index in [-0.39, 0.29) is 23.5 Å². The standard InChI is InChI=1S/C19H15FN2O4/c1-10-5-18(23)26-16-6-11(3-4-12(10)16)25-19-13-7-17(24-2)14(20)8-15(13)21-9-22-19/h3-4,6-10H,5H2,1-2H3. The van der Waals surface area contributed by atoms with Gasteiger partial charge in [-0.1, -0.05) is 13.0 Å². The van der Waals surface area contributed by atoms with Crippen LogP contribution in [0.5, 0.6) is 23.1 Å². The molecule has 0 saturated carbocycles. The molecule has 0 saturated heterocycles. The van der Waals surface area contributed by atoms with E-state index in [0.717, 1.165) is 5.56 Å². The Morgan fingerprint density at radius 1 is 1.23 bits per heavy atom. The highest BCUT2D eigenvalue weighted by Gasteiger charge is 2.24. The van der Waals surface area contributed by atoms with Gasteiger partial charge in [-0.05, 0) is 23.6 Å². The maximum Gasteiger partial charge on any atom is 0.311 e. The van der Waals surface area contributed by atoms with E-state index >= 15 is 0 Å². The molecule has 0 N–H and O–H groups in total. The van der Waals surface area contributed by atoms with Gasteiger partial charge in [0.05, 0.1) is 24.4 Å². The Kier molecular flexibility index (Phi) is 3.91. The highest BCUT2D eigenvalue weighted by Crippen LogP contribution is 2.38. The molecule has 1 aromatic heterocycles. The van der Waals surface area contributed by atoms with Gasteiger partial charge in [0, 0.05) is 12.1 Å². The molecule has 3 aromatic rings. The van der Waals surface area contributed by atoms with Gasteiger partial charge in [-0.25, -0.2) is 14.4 Å². The van der Waals surface area contributed by atoms with Crippen LogP contribution in [0, 0.1) is 5.82 Å². The first-order valence-corrected chi connectivity index (χ1v) is 8.06. The summed E-state index contributed by atoms with van der Waals surface area (Å²) in [6.07, 6.45) is 1.65. The molecule has 0 radical (unpaired) electrons. The number of aromatic nitrogens is 2. The quantitative estimate of drug-likeness (QED) is 0.523. The van der Waals surface area contributed by atoms with Crippen LogP contribution in [0.3, 0.4) is 0 Å². The molecule has 1 aliphatic heterocycles. The van der Waals surface area contributed by atoms with Gasteiger partial charge in [0.2, 0.25) is 5.88 Å². The lowest BCUT2D eigenvalue weighted by atomic mass is 9.95. The van der Waals surface area contributed by atoms with Crippen LogP contribution in [-0.2, 0) is 4.79 Å². The first-order chi connectivity index (χ1) is 12.5. The Morgan fingerprint density at radius 3 is 2.88 bits per heavy atom. The van der Waals surface area contributed by atoms with Crippen LogP contribution in [-0.4, -0.2) is 23.0 Å². The molecule has 0 spiro atoms. The van der Waals surface area contributed by atoms with E-state index in [4.69, 9.17) is 14.2 Å². The molecule has 7 heteroatoms. The van der Waals surface area contributed by atoms with Crippen LogP contribution in [0.1, 0.15) is 24.8 Å². The number of ether oxygens (including phenoxy) is 3. The maximum absolute atomic E-state index is 13.9. The van der Waals surface area contributed by atoms with E-state index in [9.17, 15) is 9.18 Å². The van der Waals surface area contributed by atoms with E-state index in [1.54, 1.807) is 12.1 Å². The Hall–Kier alpha value is -3.22. The Morgan fingerprint density at radius 2 is 2.08 bits per heavy atom.